The van der Waals surface area contributed by atoms with Crippen LogP contribution in [0.4, 0.5) is 0 Å². The molecule has 0 bridgehead atoms. The van der Waals surface area contributed by atoms with E-state index < -0.39 is 17.4 Å². The Balaban J connectivity index is 2.89. The quantitative estimate of drug-likeness (QED) is 0.792. The van der Waals surface area contributed by atoms with Crippen LogP contribution in [0.2, 0.25) is 0 Å². The van der Waals surface area contributed by atoms with E-state index in [-0.39, 0.29) is 5.56 Å². The Bertz CT molecular complexity index is 402. The predicted molar refractivity (Wildman–Crippen MR) is 60.4 cm³/mol. The molecule has 0 atom stereocenters. The molecule has 17 heavy (non-hydrogen) atoms. The van der Waals surface area contributed by atoms with Gasteiger partial charge in [-0.3, -0.25) is 4.79 Å². The van der Waals surface area contributed by atoms with Crippen molar-refractivity contribution in [3.63, 3.8) is 0 Å². The molecule has 0 fully saturated rings. The first-order chi connectivity index (χ1) is 8.05. The third kappa shape index (κ3) is 2.77. The standard InChI is InChI=1S/C11H15N3O3/c1-3-11(4-2,10(16)17)14-9(15)8-5-12-7-13-6-8/h5-7H,3-4H2,1-2H3,(H,14,15)(H,16,17). The summed E-state index contributed by atoms with van der Waals surface area (Å²) in [6.45, 7) is 3.44. The molecule has 0 aliphatic rings. The Morgan fingerprint density at radius 3 is 2.24 bits per heavy atom. The number of carbonyl (C=O) groups is 2. The SMILES string of the molecule is CCC(CC)(NC(=O)c1cncnc1)C(=O)O. The van der Waals surface area contributed by atoms with E-state index in [0.29, 0.717) is 12.8 Å². The van der Waals surface area contributed by atoms with Gasteiger partial charge in [-0.05, 0) is 12.8 Å². The van der Waals surface area contributed by atoms with Crippen LogP contribution in [-0.4, -0.2) is 32.5 Å². The Morgan fingerprint density at radius 2 is 1.82 bits per heavy atom. The molecule has 1 aromatic rings. The molecule has 0 aliphatic heterocycles. The van der Waals surface area contributed by atoms with Gasteiger partial charge in [0.1, 0.15) is 11.9 Å². The average Bonchev–Trinajstić information content (AvgIpc) is 2.36. The second kappa shape index (κ2) is 5.38. The fraction of sp³-hybridized carbons (Fsp3) is 0.455. The zero-order chi connectivity index (χ0) is 12.9. The Labute approximate surface area is 99.1 Å². The van der Waals surface area contributed by atoms with Crippen molar-refractivity contribution < 1.29 is 14.7 Å². The number of aliphatic carboxylic acids is 1. The molecule has 0 spiro atoms. The molecule has 1 amide bonds. The van der Waals surface area contributed by atoms with Crippen molar-refractivity contribution in [3.8, 4) is 0 Å². The smallest absolute Gasteiger partial charge is 0.329 e. The lowest BCUT2D eigenvalue weighted by Gasteiger charge is -2.27. The van der Waals surface area contributed by atoms with Crippen molar-refractivity contribution in [3.05, 3.63) is 24.3 Å². The number of nitrogens with one attached hydrogen (secondary N) is 1. The Kier molecular flexibility index (Phi) is 4.14. The van der Waals surface area contributed by atoms with E-state index in [2.05, 4.69) is 15.3 Å². The topological polar surface area (TPSA) is 92.2 Å². The van der Waals surface area contributed by atoms with E-state index in [0.717, 1.165) is 0 Å². The number of aromatic nitrogens is 2. The molecular weight excluding hydrogens is 222 g/mol. The first kappa shape index (κ1) is 13.1. The van der Waals surface area contributed by atoms with Gasteiger partial charge in [-0.2, -0.15) is 0 Å². The summed E-state index contributed by atoms with van der Waals surface area (Å²) in [5, 5.41) is 11.7. The second-order valence-corrected chi connectivity index (χ2v) is 3.68. The summed E-state index contributed by atoms with van der Waals surface area (Å²) in [5.74, 6) is -1.51. The molecule has 6 nitrogen and oxygen atoms in total. The molecule has 2 N–H and O–H groups in total. The highest BCUT2D eigenvalue weighted by Gasteiger charge is 2.36. The maximum atomic E-state index is 11.8. The Hall–Kier alpha value is -1.98. The van der Waals surface area contributed by atoms with Crippen LogP contribution in [0.3, 0.4) is 0 Å². The van der Waals surface area contributed by atoms with Crippen LogP contribution in [0.1, 0.15) is 37.0 Å². The fourth-order valence-electron chi connectivity index (χ4n) is 1.49. The summed E-state index contributed by atoms with van der Waals surface area (Å²) in [7, 11) is 0. The van der Waals surface area contributed by atoms with E-state index in [4.69, 9.17) is 0 Å². The molecule has 0 saturated heterocycles. The number of carboxylic acid groups (broad SMARTS) is 1. The minimum absolute atomic E-state index is 0.250. The van der Waals surface area contributed by atoms with Gasteiger partial charge in [0, 0.05) is 12.4 Å². The highest BCUT2D eigenvalue weighted by atomic mass is 16.4. The molecule has 0 aliphatic carbocycles. The maximum absolute atomic E-state index is 11.8. The lowest BCUT2D eigenvalue weighted by molar-refractivity contribution is -0.144. The summed E-state index contributed by atoms with van der Waals surface area (Å²) in [4.78, 5) is 30.5. The fourth-order valence-corrected chi connectivity index (χ4v) is 1.49. The maximum Gasteiger partial charge on any atom is 0.329 e. The second-order valence-electron chi connectivity index (χ2n) is 3.68. The molecule has 1 heterocycles. The van der Waals surface area contributed by atoms with Gasteiger partial charge in [0.15, 0.2) is 0 Å². The number of carboxylic acids is 1. The van der Waals surface area contributed by atoms with E-state index in [9.17, 15) is 14.7 Å². The highest BCUT2D eigenvalue weighted by Crippen LogP contribution is 2.16. The molecule has 0 aromatic carbocycles. The van der Waals surface area contributed by atoms with E-state index >= 15 is 0 Å². The Morgan fingerprint density at radius 1 is 1.29 bits per heavy atom. The summed E-state index contributed by atoms with van der Waals surface area (Å²) in [6, 6.07) is 0. The van der Waals surface area contributed by atoms with Crippen LogP contribution in [0.15, 0.2) is 18.7 Å². The predicted octanol–water partition coefficient (Wildman–Crippen LogP) is 0.850. The first-order valence-corrected chi connectivity index (χ1v) is 5.36. The van der Waals surface area contributed by atoms with Crippen LogP contribution >= 0.6 is 0 Å². The van der Waals surface area contributed by atoms with Crippen molar-refractivity contribution in [2.45, 2.75) is 32.2 Å². The van der Waals surface area contributed by atoms with Gasteiger partial charge >= 0.3 is 5.97 Å². The molecular formula is C11H15N3O3. The van der Waals surface area contributed by atoms with Crippen LogP contribution in [0.25, 0.3) is 0 Å². The van der Waals surface area contributed by atoms with Crippen molar-refractivity contribution in [1.29, 1.82) is 0 Å². The van der Waals surface area contributed by atoms with Gasteiger partial charge in [0.25, 0.3) is 5.91 Å². The number of nitrogens with zero attached hydrogens (tertiary/aromatic N) is 2. The van der Waals surface area contributed by atoms with Crippen LogP contribution < -0.4 is 5.32 Å². The number of amides is 1. The lowest BCUT2D eigenvalue weighted by Crippen LogP contribution is -2.53. The minimum atomic E-state index is -1.23. The summed E-state index contributed by atoms with van der Waals surface area (Å²) >= 11 is 0. The largest absolute Gasteiger partial charge is 0.480 e. The van der Waals surface area contributed by atoms with Gasteiger partial charge in [0.05, 0.1) is 5.56 Å². The van der Waals surface area contributed by atoms with Gasteiger partial charge in [-0.1, -0.05) is 13.8 Å². The first-order valence-electron chi connectivity index (χ1n) is 5.36. The van der Waals surface area contributed by atoms with Crippen LogP contribution in [-0.2, 0) is 4.79 Å². The normalized spacial score (nSPS) is 10.9. The lowest BCUT2D eigenvalue weighted by atomic mass is 9.92. The van der Waals surface area contributed by atoms with Gasteiger partial charge in [-0.25, -0.2) is 14.8 Å². The molecule has 92 valence electrons. The highest BCUT2D eigenvalue weighted by molar-refractivity contribution is 5.97. The average molecular weight is 237 g/mol. The zero-order valence-electron chi connectivity index (χ0n) is 9.80. The molecule has 0 saturated carbocycles. The van der Waals surface area contributed by atoms with Gasteiger partial charge in [-0.15, -0.1) is 0 Å². The number of carbonyl (C=O) groups excluding carboxylic acids is 1. The molecule has 6 heteroatoms. The summed E-state index contributed by atoms with van der Waals surface area (Å²) in [5.41, 5.74) is -0.979. The number of rotatable bonds is 5. The van der Waals surface area contributed by atoms with E-state index in [1.54, 1.807) is 13.8 Å². The molecule has 0 radical (unpaired) electrons. The number of hydrogen-bond donors (Lipinski definition) is 2. The van der Waals surface area contributed by atoms with Crippen molar-refractivity contribution in [2.24, 2.45) is 0 Å². The summed E-state index contributed by atoms with van der Waals surface area (Å²) < 4.78 is 0. The monoisotopic (exact) mass is 237 g/mol. The van der Waals surface area contributed by atoms with E-state index in [1.807, 2.05) is 0 Å². The third-order valence-electron chi connectivity index (χ3n) is 2.79. The van der Waals surface area contributed by atoms with Gasteiger partial charge < -0.3 is 10.4 Å². The molecule has 1 aromatic heterocycles. The van der Waals surface area contributed by atoms with Crippen molar-refractivity contribution in [2.75, 3.05) is 0 Å². The number of hydrogen-bond acceptors (Lipinski definition) is 4. The van der Waals surface area contributed by atoms with Gasteiger partial charge in [0.2, 0.25) is 0 Å². The van der Waals surface area contributed by atoms with Crippen LogP contribution in [0, 0.1) is 0 Å². The third-order valence-corrected chi connectivity index (χ3v) is 2.79. The van der Waals surface area contributed by atoms with Crippen molar-refractivity contribution >= 4 is 11.9 Å². The zero-order valence-corrected chi connectivity index (χ0v) is 9.80. The molecule has 0 unspecified atom stereocenters. The summed E-state index contributed by atoms with van der Waals surface area (Å²) in [6.07, 6.45) is 4.64. The van der Waals surface area contributed by atoms with E-state index in [1.165, 1.54) is 18.7 Å². The molecule has 1 rings (SSSR count). The minimum Gasteiger partial charge on any atom is -0.480 e. The van der Waals surface area contributed by atoms with Crippen molar-refractivity contribution in [1.82, 2.24) is 15.3 Å². The van der Waals surface area contributed by atoms with Crippen LogP contribution in [0.5, 0.6) is 0 Å².